The van der Waals surface area contributed by atoms with E-state index in [2.05, 4.69) is 48.8 Å². The first-order chi connectivity index (χ1) is 13.0. The third-order valence-electron chi connectivity index (χ3n) is 5.36. The van der Waals surface area contributed by atoms with Crippen molar-refractivity contribution in [3.8, 4) is 11.1 Å². The lowest BCUT2D eigenvalue weighted by atomic mass is 10.0. The van der Waals surface area contributed by atoms with Crippen LogP contribution in [-0.4, -0.2) is 54.5 Å². The summed E-state index contributed by atoms with van der Waals surface area (Å²) in [5, 5.41) is 3.13. The maximum absolute atomic E-state index is 13.2. The van der Waals surface area contributed by atoms with Crippen LogP contribution in [0, 0.1) is 0 Å². The predicted octanol–water partition coefficient (Wildman–Crippen LogP) is 4.96. The lowest BCUT2D eigenvalue weighted by molar-refractivity contribution is 0.0355. The van der Waals surface area contributed by atoms with E-state index < -0.39 is 0 Å². The summed E-state index contributed by atoms with van der Waals surface area (Å²) in [6, 6.07) is 16.7. The van der Waals surface area contributed by atoms with E-state index in [1.807, 2.05) is 48.4 Å². The Labute approximate surface area is 186 Å². The quantitative estimate of drug-likeness (QED) is 0.673. The summed E-state index contributed by atoms with van der Waals surface area (Å²) in [4.78, 5) is 17.6. The van der Waals surface area contributed by atoms with E-state index in [9.17, 15) is 4.79 Å². The molecule has 0 aliphatic carbocycles. The minimum absolute atomic E-state index is 0. The smallest absolute Gasteiger partial charge is 0.254 e. The monoisotopic (exact) mass is 435 g/mol. The summed E-state index contributed by atoms with van der Waals surface area (Å²) in [5.74, 6) is 0.112. The molecule has 29 heavy (non-hydrogen) atoms. The molecule has 1 aliphatic heterocycles. The highest BCUT2D eigenvalue weighted by atomic mass is 35.5. The molecule has 1 amide bonds. The van der Waals surface area contributed by atoms with Crippen LogP contribution in [0.15, 0.2) is 61.2 Å². The van der Waals surface area contributed by atoms with Crippen LogP contribution in [0.5, 0.6) is 0 Å². The Balaban J connectivity index is 0.00000210. The van der Waals surface area contributed by atoms with Gasteiger partial charge in [-0.3, -0.25) is 9.69 Å². The number of piperazine rings is 1. The van der Waals surface area contributed by atoms with E-state index in [1.165, 1.54) is 0 Å². The van der Waals surface area contributed by atoms with E-state index >= 15 is 0 Å². The van der Waals surface area contributed by atoms with Crippen molar-refractivity contribution in [1.29, 1.82) is 0 Å². The predicted molar refractivity (Wildman–Crippen MR) is 128 cm³/mol. The Morgan fingerprint density at radius 3 is 2.38 bits per heavy atom. The topological polar surface area (TPSA) is 35.6 Å². The van der Waals surface area contributed by atoms with Crippen molar-refractivity contribution in [3.63, 3.8) is 0 Å². The fraction of sp³-hybridized carbons (Fsp3) is 0.348. The molecule has 0 radical (unpaired) electrons. The minimum atomic E-state index is 0. The summed E-state index contributed by atoms with van der Waals surface area (Å²) in [6.45, 7) is 10.6. The minimum Gasteiger partial charge on any atom is -0.388 e. The van der Waals surface area contributed by atoms with Crippen LogP contribution in [0.2, 0.25) is 0 Å². The van der Waals surface area contributed by atoms with Gasteiger partial charge in [-0.15, -0.1) is 31.4 Å². The van der Waals surface area contributed by atoms with E-state index in [-0.39, 0.29) is 36.8 Å². The van der Waals surface area contributed by atoms with E-state index in [4.69, 9.17) is 0 Å². The van der Waals surface area contributed by atoms with Gasteiger partial charge >= 0.3 is 0 Å². The van der Waals surface area contributed by atoms with Gasteiger partial charge in [0.25, 0.3) is 5.91 Å². The number of carbonyl (C=O) groups is 1. The van der Waals surface area contributed by atoms with Crippen LogP contribution in [-0.2, 0) is 0 Å². The van der Waals surface area contributed by atoms with Gasteiger partial charge in [-0.1, -0.05) is 30.3 Å². The molecule has 1 saturated heterocycles. The summed E-state index contributed by atoms with van der Waals surface area (Å²) < 4.78 is 0. The molecule has 2 aromatic carbocycles. The third kappa shape index (κ3) is 5.75. The number of anilines is 1. The second-order valence-corrected chi connectivity index (χ2v) is 7.31. The van der Waals surface area contributed by atoms with Crippen molar-refractivity contribution in [2.45, 2.75) is 25.9 Å². The molecule has 0 bridgehead atoms. The highest BCUT2D eigenvalue weighted by molar-refractivity contribution is 5.95. The van der Waals surface area contributed by atoms with Crippen molar-refractivity contribution in [1.82, 2.24) is 9.80 Å². The van der Waals surface area contributed by atoms with Crippen molar-refractivity contribution in [2.75, 3.05) is 32.0 Å². The summed E-state index contributed by atoms with van der Waals surface area (Å²) in [5.41, 5.74) is 4.00. The molecule has 1 heterocycles. The summed E-state index contributed by atoms with van der Waals surface area (Å²) in [7, 11) is 1.91. The molecule has 1 aliphatic rings. The molecule has 4 nitrogen and oxygen atoms in total. The Kier molecular flexibility index (Phi) is 9.71. The molecule has 1 fully saturated rings. The SMILES string of the molecule is C=CCN1C[C@@H](C)N(C(=O)c2cccc(-c3ccc(NC)cc3)c2)C[C@H]1C.Cl.Cl. The van der Waals surface area contributed by atoms with Crippen LogP contribution in [0.3, 0.4) is 0 Å². The van der Waals surface area contributed by atoms with Crippen LogP contribution in [0.4, 0.5) is 5.69 Å². The van der Waals surface area contributed by atoms with E-state index in [1.54, 1.807) is 0 Å². The summed E-state index contributed by atoms with van der Waals surface area (Å²) in [6.07, 6.45) is 1.93. The summed E-state index contributed by atoms with van der Waals surface area (Å²) >= 11 is 0. The van der Waals surface area contributed by atoms with Gasteiger partial charge in [-0.2, -0.15) is 0 Å². The van der Waals surface area contributed by atoms with Crippen LogP contribution in [0.25, 0.3) is 11.1 Å². The van der Waals surface area contributed by atoms with Gasteiger partial charge in [0, 0.05) is 50.0 Å². The normalized spacial score (nSPS) is 18.9. The Morgan fingerprint density at radius 2 is 1.76 bits per heavy atom. The van der Waals surface area contributed by atoms with Crippen molar-refractivity contribution >= 4 is 36.4 Å². The fourth-order valence-electron chi connectivity index (χ4n) is 3.73. The molecule has 0 saturated carbocycles. The average molecular weight is 436 g/mol. The molecule has 158 valence electrons. The lowest BCUT2D eigenvalue weighted by Gasteiger charge is -2.43. The molecule has 3 rings (SSSR count). The van der Waals surface area contributed by atoms with Crippen molar-refractivity contribution in [2.24, 2.45) is 0 Å². The highest BCUT2D eigenvalue weighted by Gasteiger charge is 2.31. The van der Waals surface area contributed by atoms with Gasteiger partial charge in [-0.25, -0.2) is 0 Å². The van der Waals surface area contributed by atoms with Crippen molar-refractivity contribution < 1.29 is 4.79 Å². The Morgan fingerprint density at radius 1 is 1.07 bits per heavy atom. The number of rotatable bonds is 5. The van der Waals surface area contributed by atoms with Gasteiger partial charge in [0.05, 0.1) is 0 Å². The zero-order chi connectivity index (χ0) is 19.4. The second-order valence-electron chi connectivity index (χ2n) is 7.31. The van der Waals surface area contributed by atoms with Gasteiger partial charge < -0.3 is 10.2 Å². The average Bonchev–Trinajstić information content (AvgIpc) is 2.70. The van der Waals surface area contributed by atoms with Gasteiger partial charge in [-0.05, 0) is 49.2 Å². The molecule has 2 atom stereocenters. The molecule has 0 unspecified atom stereocenters. The fourth-order valence-corrected chi connectivity index (χ4v) is 3.73. The van der Waals surface area contributed by atoms with Crippen LogP contribution < -0.4 is 5.32 Å². The second kappa shape index (κ2) is 11.2. The largest absolute Gasteiger partial charge is 0.388 e. The number of amides is 1. The Hall–Kier alpha value is -2.01. The van der Waals surface area contributed by atoms with E-state index in [0.717, 1.165) is 42.0 Å². The zero-order valence-electron chi connectivity index (χ0n) is 17.3. The van der Waals surface area contributed by atoms with Gasteiger partial charge in [0.15, 0.2) is 0 Å². The highest BCUT2D eigenvalue weighted by Crippen LogP contribution is 2.24. The maximum atomic E-state index is 13.2. The van der Waals surface area contributed by atoms with E-state index in [0.29, 0.717) is 6.04 Å². The van der Waals surface area contributed by atoms with Crippen LogP contribution in [0.1, 0.15) is 24.2 Å². The number of nitrogens with one attached hydrogen (secondary N) is 1. The Bertz CT molecular complexity index is 810. The zero-order valence-corrected chi connectivity index (χ0v) is 18.9. The number of benzene rings is 2. The molecule has 6 heteroatoms. The molecule has 2 aromatic rings. The number of hydrogen-bond donors (Lipinski definition) is 1. The van der Waals surface area contributed by atoms with Gasteiger partial charge in [0.1, 0.15) is 0 Å². The molecule has 1 N–H and O–H groups in total. The van der Waals surface area contributed by atoms with Crippen molar-refractivity contribution in [3.05, 3.63) is 66.7 Å². The third-order valence-corrected chi connectivity index (χ3v) is 5.36. The number of halogens is 2. The first kappa shape index (κ1) is 25.0. The first-order valence-electron chi connectivity index (χ1n) is 9.57. The first-order valence-corrected chi connectivity index (χ1v) is 9.57. The number of nitrogens with zero attached hydrogens (tertiary/aromatic N) is 2. The number of carbonyl (C=O) groups excluding carboxylic acids is 1. The van der Waals surface area contributed by atoms with Gasteiger partial charge in [0.2, 0.25) is 0 Å². The standard InChI is InChI=1S/C23H29N3O.2ClH/c1-5-13-25-15-18(3)26(16-17(25)2)23(27)21-8-6-7-20(14-21)19-9-11-22(24-4)12-10-19;;/h5-12,14,17-18,24H,1,13,15-16H2,2-4H3;2*1H/t17-,18-;;/m1../s1. The van der Waals surface area contributed by atoms with Crippen LogP contribution >= 0.6 is 24.8 Å². The lowest BCUT2D eigenvalue weighted by Crippen LogP contribution is -2.57. The molecule has 0 aromatic heterocycles. The molecular weight excluding hydrogens is 405 g/mol. The molecule has 0 spiro atoms. The molecular formula is C23H31Cl2N3O. The number of hydrogen-bond acceptors (Lipinski definition) is 3. The maximum Gasteiger partial charge on any atom is 0.254 e.